The third-order valence-electron chi connectivity index (χ3n) is 7.01. The first kappa shape index (κ1) is 35.6. The smallest absolute Gasteiger partial charge is 0.230 e. The summed E-state index contributed by atoms with van der Waals surface area (Å²) < 4.78 is 7.51. The van der Waals surface area contributed by atoms with Gasteiger partial charge in [-0.1, -0.05) is 51.3 Å². The summed E-state index contributed by atoms with van der Waals surface area (Å²) in [4.78, 5) is 16.6. The van der Waals surface area contributed by atoms with Crippen molar-refractivity contribution in [2.75, 3.05) is 28.2 Å². The molecule has 1 aliphatic heterocycles. The molecule has 1 fully saturated rings. The van der Waals surface area contributed by atoms with E-state index in [9.17, 15) is 4.79 Å². The number of para-hydroxylation sites is 1. The number of amides is 1. The maximum absolute atomic E-state index is 11.9. The van der Waals surface area contributed by atoms with Crippen LogP contribution in [0.2, 0.25) is 0 Å². The van der Waals surface area contributed by atoms with Gasteiger partial charge in [-0.15, -0.1) is 0 Å². The van der Waals surface area contributed by atoms with Crippen LogP contribution in [0.3, 0.4) is 0 Å². The van der Waals surface area contributed by atoms with Crippen molar-refractivity contribution in [2.24, 2.45) is 0 Å². The summed E-state index contributed by atoms with van der Waals surface area (Å²) in [5.74, 6) is 0.867. The standard InChI is InChI=1S/C24H31BrN3O.C10H12O.2ClH.Ru/c1-15-7-17(3)23(18(4)8-15)27-13-21(12-26-22(29)11-25)28(14-27)24-19(5)9-16(2)10-20(24)6;1-8(2)11-10-7-5-4-6-9(10)3;;;/h7-10,14,21H,11-13H2,1-6H3,(H,26,29);3-8H,1-2H3;2*1H;/q-1;;;;+2/p-2. The molecule has 9 heteroatoms. The third-order valence-corrected chi connectivity index (χ3v) is 9.35. The van der Waals surface area contributed by atoms with Crippen molar-refractivity contribution in [1.82, 2.24) is 5.32 Å². The SMILES string of the molecule is CC(C)Oc1ccccc1[CH]=[Ru]([Cl])[Cl].Cc1cc(C)c(N2[CH-]N(c3c(C)cc(C)cc3C)C(CNC(=O)CBr)C2)c(C)c1. The second-order valence-corrected chi connectivity index (χ2v) is 17.6. The maximum atomic E-state index is 11.9. The van der Waals surface area contributed by atoms with Crippen LogP contribution in [0.15, 0.2) is 48.5 Å². The summed E-state index contributed by atoms with van der Waals surface area (Å²) in [6.07, 6.45) is 0.163. The van der Waals surface area contributed by atoms with Gasteiger partial charge in [0.25, 0.3) is 0 Å². The largest absolute Gasteiger partial charge is 0.501 e. The number of carbonyl (C=O) groups excluding carboxylic acids is 1. The van der Waals surface area contributed by atoms with Crippen molar-refractivity contribution >= 4 is 57.2 Å². The quantitative estimate of drug-likeness (QED) is 0.142. The molecule has 1 amide bonds. The predicted octanol–water partition coefficient (Wildman–Crippen LogP) is 8.41. The summed E-state index contributed by atoms with van der Waals surface area (Å²) in [5, 5.41) is 3.39. The van der Waals surface area contributed by atoms with Crippen molar-refractivity contribution in [3.8, 4) is 5.75 Å². The number of aryl methyl sites for hydroxylation is 6. The first-order valence-corrected chi connectivity index (χ1v) is 20.9. The number of halogens is 3. The van der Waals surface area contributed by atoms with Crippen molar-refractivity contribution in [2.45, 2.75) is 67.5 Å². The van der Waals surface area contributed by atoms with E-state index >= 15 is 0 Å². The number of benzene rings is 3. The van der Waals surface area contributed by atoms with Gasteiger partial charge in [0.1, 0.15) is 0 Å². The summed E-state index contributed by atoms with van der Waals surface area (Å²) in [6.45, 7) is 20.6. The van der Waals surface area contributed by atoms with Gasteiger partial charge in [0.2, 0.25) is 5.91 Å². The van der Waals surface area contributed by atoms with Gasteiger partial charge in [0, 0.05) is 30.5 Å². The first-order valence-electron chi connectivity index (χ1n) is 14.3. The van der Waals surface area contributed by atoms with Gasteiger partial charge in [-0.05, 0) is 63.8 Å². The van der Waals surface area contributed by atoms with Crippen molar-refractivity contribution in [1.29, 1.82) is 0 Å². The van der Waals surface area contributed by atoms with Crippen LogP contribution >= 0.6 is 35.3 Å². The van der Waals surface area contributed by atoms with Gasteiger partial charge in [0.15, 0.2) is 0 Å². The third kappa shape index (κ3) is 10.0. The van der Waals surface area contributed by atoms with Gasteiger partial charge in [-0.3, -0.25) is 4.79 Å². The molecule has 3 aromatic rings. The van der Waals surface area contributed by atoms with E-state index in [0.29, 0.717) is 11.9 Å². The number of hydrogen-bond acceptors (Lipinski definition) is 4. The molecule has 1 aliphatic rings. The minimum absolute atomic E-state index is 0.0171. The van der Waals surface area contributed by atoms with Crippen molar-refractivity contribution in [3.05, 3.63) is 94.1 Å². The fourth-order valence-corrected chi connectivity index (χ4v) is 7.66. The van der Waals surface area contributed by atoms with Crippen LogP contribution in [0.5, 0.6) is 5.75 Å². The number of hydrogen-bond donors (Lipinski definition) is 1. The van der Waals surface area contributed by atoms with Gasteiger partial charge in [0.05, 0.1) is 5.33 Å². The number of anilines is 2. The van der Waals surface area contributed by atoms with Crippen LogP contribution in [0.25, 0.3) is 0 Å². The van der Waals surface area contributed by atoms with Gasteiger partial charge in [-0.25, -0.2) is 0 Å². The minimum Gasteiger partial charge on any atom is -0.501 e. The average Bonchev–Trinajstić information content (AvgIpc) is 3.30. The van der Waals surface area contributed by atoms with Crippen molar-refractivity contribution < 1.29 is 23.0 Å². The molecular weight excluding hydrogens is 734 g/mol. The molecule has 236 valence electrons. The molecule has 0 aliphatic carbocycles. The topological polar surface area (TPSA) is 44.8 Å². The predicted molar refractivity (Wildman–Crippen MR) is 185 cm³/mol. The molecule has 0 radical (unpaired) electrons. The van der Waals surface area contributed by atoms with E-state index in [1.54, 1.807) is 0 Å². The maximum Gasteiger partial charge on any atom is 0.230 e. The Bertz CT molecular complexity index is 1410. The summed E-state index contributed by atoms with van der Waals surface area (Å²) in [7, 11) is 11.6. The molecule has 0 saturated carbocycles. The summed E-state index contributed by atoms with van der Waals surface area (Å²) in [6, 6.07) is 16.9. The number of nitrogens with zero attached hydrogens (tertiary/aromatic N) is 2. The molecule has 1 saturated heterocycles. The Morgan fingerprint density at radius 2 is 1.53 bits per heavy atom. The van der Waals surface area contributed by atoms with E-state index in [2.05, 4.69) is 104 Å². The van der Waals surface area contributed by atoms with Crippen LogP contribution in [-0.4, -0.2) is 41.1 Å². The Morgan fingerprint density at radius 1 is 1.00 bits per heavy atom. The number of ether oxygens (including phenoxy) is 1. The molecule has 0 spiro atoms. The Labute approximate surface area is 279 Å². The second-order valence-electron chi connectivity index (χ2n) is 11.3. The molecule has 1 unspecified atom stereocenters. The van der Waals surface area contributed by atoms with Gasteiger partial charge < -0.3 is 15.1 Å². The zero-order valence-corrected chi connectivity index (χ0v) is 31.1. The Balaban J connectivity index is 0.000000303. The number of nitrogens with one attached hydrogen (secondary N) is 1. The molecule has 5 nitrogen and oxygen atoms in total. The van der Waals surface area contributed by atoms with E-state index in [0.717, 1.165) is 17.9 Å². The zero-order valence-electron chi connectivity index (χ0n) is 26.2. The van der Waals surface area contributed by atoms with Crippen molar-refractivity contribution in [3.63, 3.8) is 0 Å². The summed E-state index contributed by atoms with van der Waals surface area (Å²) >= 11 is 1.48. The molecule has 43 heavy (non-hydrogen) atoms. The first-order chi connectivity index (χ1) is 20.3. The summed E-state index contributed by atoms with van der Waals surface area (Å²) in [5.41, 5.74) is 11.1. The van der Waals surface area contributed by atoms with E-state index in [-0.39, 0.29) is 18.1 Å². The Morgan fingerprint density at radius 3 is 2.05 bits per heavy atom. The van der Waals surface area contributed by atoms with Crippen LogP contribution in [0, 0.1) is 48.2 Å². The molecule has 1 N–H and O–H groups in total. The normalized spacial score (nSPS) is 14.8. The van der Waals surface area contributed by atoms with Crippen LogP contribution < -0.4 is 19.9 Å². The molecule has 1 heterocycles. The van der Waals surface area contributed by atoms with E-state index in [1.807, 2.05) is 42.7 Å². The number of alkyl halides is 1. The Kier molecular flexibility index (Phi) is 13.6. The molecule has 3 aromatic carbocycles. The monoisotopic (exact) mass is 776 g/mol. The van der Waals surface area contributed by atoms with Crippen LogP contribution in [-0.2, 0) is 18.3 Å². The van der Waals surface area contributed by atoms with Crippen LogP contribution in [0.1, 0.15) is 52.8 Å². The Hall–Kier alpha value is -1.92. The van der Waals surface area contributed by atoms with E-state index in [4.69, 9.17) is 24.1 Å². The molecule has 0 aromatic heterocycles. The molecular formula is C34H43BrCl2N3O2Ru-. The number of rotatable bonds is 8. The van der Waals surface area contributed by atoms with Crippen LogP contribution in [0.4, 0.5) is 11.4 Å². The average molecular weight is 778 g/mol. The molecule has 0 bridgehead atoms. The van der Waals surface area contributed by atoms with E-state index < -0.39 is 13.5 Å². The molecule has 4 rings (SSSR count). The number of carbonyl (C=O) groups is 1. The fraction of sp³-hybridized carbons (Fsp3) is 0.382. The minimum atomic E-state index is -1.77. The van der Waals surface area contributed by atoms with E-state index in [1.165, 1.54) is 44.8 Å². The van der Waals surface area contributed by atoms with Gasteiger partial charge in [-0.2, -0.15) is 6.67 Å². The molecule has 1 atom stereocenters. The fourth-order valence-electron chi connectivity index (χ4n) is 5.65. The second kappa shape index (κ2) is 16.4. The van der Waals surface area contributed by atoms with Gasteiger partial charge >= 0.3 is 97.8 Å². The zero-order chi connectivity index (χ0) is 31.8.